The summed E-state index contributed by atoms with van der Waals surface area (Å²) in [6.45, 7) is 1.07. The van der Waals surface area contributed by atoms with Gasteiger partial charge in [-0.15, -0.1) is 0 Å². The van der Waals surface area contributed by atoms with Crippen molar-refractivity contribution in [1.29, 1.82) is 0 Å². The van der Waals surface area contributed by atoms with Gasteiger partial charge >= 0.3 is 0 Å². The first kappa shape index (κ1) is 17.5. The summed E-state index contributed by atoms with van der Waals surface area (Å²) in [5.41, 5.74) is 1.16. The second-order valence-corrected chi connectivity index (χ2v) is 6.37. The minimum absolute atomic E-state index is 0.00580. The van der Waals surface area contributed by atoms with Gasteiger partial charge in [-0.25, -0.2) is 0 Å². The molecule has 0 bridgehead atoms. The molecule has 8 heteroatoms. The summed E-state index contributed by atoms with van der Waals surface area (Å²) in [5, 5.41) is 20.5. The zero-order valence-electron chi connectivity index (χ0n) is 13.0. The van der Waals surface area contributed by atoms with Crippen LogP contribution in [0, 0.1) is 0 Å². The zero-order chi connectivity index (χ0) is 17.7. The molecule has 2 aromatic rings. The molecule has 0 saturated carbocycles. The van der Waals surface area contributed by atoms with E-state index < -0.39 is 15.9 Å². The summed E-state index contributed by atoms with van der Waals surface area (Å²) in [6.07, 6.45) is 1.52. The molecule has 0 aromatic heterocycles. The average Bonchev–Trinajstić information content (AvgIpc) is 2.52. The summed E-state index contributed by atoms with van der Waals surface area (Å²) < 4.78 is 31.6. The number of hydrogen-bond donors (Lipinski definition) is 1. The highest BCUT2D eigenvalue weighted by Crippen LogP contribution is 2.26. The predicted molar refractivity (Wildman–Crippen MR) is 88.6 cm³/mol. The van der Waals surface area contributed by atoms with Crippen molar-refractivity contribution in [3.05, 3.63) is 48.0 Å². The normalized spacial score (nSPS) is 12.5. The molecular weight excluding hydrogens is 332 g/mol. The molecule has 0 aliphatic heterocycles. The summed E-state index contributed by atoms with van der Waals surface area (Å²) in [7, 11) is -2.52. The molecule has 0 saturated heterocycles. The Hall–Kier alpha value is -2.87. The van der Waals surface area contributed by atoms with Crippen LogP contribution in [0.4, 0.5) is 5.69 Å². The molecule has 0 unspecified atom stereocenters. The fourth-order valence-corrected chi connectivity index (χ4v) is 2.79. The van der Waals surface area contributed by atoms with E-state index in [1.807, 2.05) is 0 Å². The summed E-state index contributed by atoms with van der Waals surface area (Å²) >= 11 is 0. The third-order valence-corrected chi connectivity index (χ3v) is 4.31. The Labute approximate surface area is 139 Å². The molecular formula is C16H15N2O5S-. The van der Waals surface area contributed by atoms with Gasteiger partial charge in [0.05, 0.1) is 17.7 Å². The van der Waals surface area contributed by atoms with Crippen LogP contribution < -0.4 is 9.84 Å². The van der Waals surface area contributed by atoms with Crippen LogP contribution in [0.1, 0.15) is 12.5 Å². The lowest BCUT2D eigenvalue weighted by Gasteiger charge is -2.04. The van der Waals surface area contributed by atoms with Gasteiger partial charge in [-0.05, 0) is 60.8 Å². The van der Waals surface area contributed by atoms with Crippen LogP contribution >= 0.6 is 0 Å². The van der Waals surface area contributed by atoms with Gasteiger partial charge in [-0.1, -0.05) is 0 Å². The first-order chi connectivity index (χ1) is 11.3. The Kier molecular flexibility index (Phi) is 5.20. The number of hydrogen-bond acceptors (Lipinski definition) is 6. The van der Waals surface area contributed by atoms with Crippen molar-refractivity contribution in [1.82, 2.24) is 0 Å². The van der Waals surface area contributed by atoms with E-state index in [2.05, 4.69) is 9.39 Å². The van der Waals surface area contributed by atoms with Gasteiger partial charge in [0.25, 0.3) is 10.0 Å². The highest BCUT2D eigenvalue weighted by Gasteiger charge is 2.11. The molecule has 0 radical (unpaired) electrons. The van der Waals surface area contributed by atoms with Crippen molar-refractivity contribution in [2.24, 2.45) is 9.39 Å². The number of aliphatic imine (C=N–C) groups is 1. The van der Waals surface area contributed by atoms with Crippen LogP contribution in [0.15, 0.2) is 56.8 Å². The first-order valence-electron chi connectivity index (χ1n) is 6.81. The van der Waals surface area contributed by atoms with Crippen LogP contribution in [-0.2, 0) is 10.0 Å². The van der Waals surface area contributed by atoms with Crippen LogP contribution in [0.3, 0.4) is 0 Å². The van der Waals surface area contributed by atoms with Gasteiger partial charge in [0, 0.05) is 6.21 Å². The lowest BCUT2D eigenvalue weighted by atomic mass is 10.2. The number of ether oxygens (including phenoxy) is 1. The van der Waals surface area contributed by atoms with Crippen molar-refractivity contribution in [3.8, 4) is 11.5 Å². The fourth-order valence-electron chi connectivity index (χ4n) is 1.86. The molecule has 0 spiro atoms. The van der Waals surface area contributed by atoms with Gasteiger partial charge in [0.2, 0.25) is 0 Å². The molecule has 0 aliphatic rings. The summed E-state index contributed by atoms with van der Waals surface area (Å²) in [6, 6.07) is 10.4. The molecule has 1 N–H and O–H groups in total. The monoisotopic (exact) mass is 347 g/mol. The number of methoxy groups -OCH3 is 1. The van der Waals surface area contributed by atoms with E-state index in [9.17, 15) is 18.6 Å². The number of benzene rings is 2. The third kappa shape index (κ3) is 4.32. The van der Waals surface area contributed by atoms with E-state index in [1.54, 1.807) is 12.1 Å². The molecule has 2 rings (SSSR count). The molecule has 126 valence electrons. The maximum Gasteiger partial charge on any atom is 0.281 e. The number of aromatic hydroxyl groups is 1. The smallest absolute Gasteiger partial charge is 0.281 e. The highest BCUT2D eigenvalue weighted by molar-refractivity contribution is 7.90. The summed E-state index contributed by atoms with van der Waals surface area (Å²) in [4.78, 5) is 4.10. The van der Waals surface area contributed by atoms with Gasteiger partial charge in [0.15, 0.2) is 11.5 Å². The van der Waals surface area contributed by atoms with Crippen LogP contribution in [0.25, 0.3) is 0 Å². The SMILES string of the molecule is COc1ccc(C=Nc2ccc(S(=O)(=O)N=C(C)[O-])cc2)cc1O. The average molecular weight is 347 g/mol. The quantitative estimate of drug-likeness (QED) is 0.652. The Bertz CT molecular complexity index is 883. The van der Waals surface area contributed by atoms with E-state index in [-0.39, 0.29) is 10.6 Å². The number of phenols is 1. The third-order valence-electron chi connectivity index (χ3n) is 2.95. The second kappa shape index (κ2) is 7.14. The molecule has 7 nitrogen and oxygen atoms in total. The maximum absolute atomic E-state index is 11.8. The van der Waals surface area contributed by atoms with Gasteiger partial charge < -0.3 is 14.9 Å². The summed E-state index contributed by atoms with van der Waals surface area (Å²) in [5.74, 6) is -0.430. The van der Waals surface area contributed by atoms with E-state index in [0.717, 1.165) is 6.92 Å². The zero-order valence-corrected chi connectivity index (χ0v) is 13.8. The Balaban J connectivity index is 2.20. The Morgan fingerprint density at radius 3 is 2.42 bits per heavy atom. The first-order valence-corrected chi connectivity index (χ1v) is 8.25. The van der Waals surface area contributed by atoms with Gasteiger partial charge in [-0.3, -0.25) is 4.99 Å². The number of nitrogens with zero attached hydrogens (tertiary/aromatic N) is 2. The van der Waals surface area contributed by atoms with Crippen LogP contribution in [-0.4, -0.2) is 32.7 Å². The molecule has 0 aliphatic carbocycles. The van der Waals surface area contributed by atoms with E-state index in [1.165, 1.54) is 43.7 Å². The van der Waals surface area contributed by atoms with E-state index in [0.29, 0.717) is 17.0 Å². The lowest BCUT2D eigenvalue weighted by Crippen LogP contribution is -2.14. The standard InChI is InChI=1S/C16H16N2O5S/c1-11(19)18-24(21,22)14-6-4-13(5-7-14)17-10-12-3-8-16(23-2)15(20)9-12/h3-10,20H,1-2H3,(H,18,19)/p-1. The lowest BCUT2D eigenvalue weighted by molar-refractivity contribution is -0.215. The topological polar surface area (TPSA) is 111 Å². The maximum atomic E-state index is 11.8. The highest BCUT2D eigenvalue weighted by atomic mass is 32.2. The predicted octanol–water partition coefficient (Wildman–Crippen LogP) is 1.62. The molecule has 0 amide bonds. The van der Waals surface area contributed by atoms with Crippen molar-refractivity contribution in [2.45, 2.75) is 11.8 Å². The molecule has 2 aromatic carbocycles. The van der Waals surface area contributed by atoms with Crippen molar-refractivity contribution >= 4 is 27.8 Å². The molecule has 24 heavy (non-hydrogen) atoms. The van der Waals surface area contributed by atoms with Crippen LogP contribution in [0.5, 0.6) is 11.5 Å². The van der Waals surface area contributed by atoms with E-state index >= 15 is 0 Å². The number of rotatable bonds is 5. The van der Waals surface area contributed by atoms with Crippen LogP contribution in [0.2, 0.25) is 0 Å². The second-order valence-electron chi connectivity index (χ2n) is 4.77. The molecule has 0 heterocycles. The number of sulfonamides is 1. The number of phenolic OH excluding ortho intramolecular Hbond substituents is 1. The minimum Gasteiger partial charge on any atom is -0.861 e. The Morgan fingerprint density at radius 1 is 1.21 bits per heavy atom. The molecule has 0 fully saturated rings. The van der Waals surface area contributed by atoms with Gasteiger partial charge in [0.1, 0.15) is 0 Å². The Morgan fingerprint density at radius 2 is 1.88 bits per heavy atom. The largest absolute Gasteiger partial charge is 0.861 e. The minimum atomic E-state index is -3.98. The molecule has 0 atom stereocenters. The van der Waals surface area contributed by atoms with E-state index in [4.69, 9.17) is 4.74 Å². The fraction of sp³-hybridized carbons (Fsp3) is 0.125. The van der Waals surface area contributed by atoms with Crippen molar-refractivity contribution in [3.63, 3.8) is 0 Å². The van der Waals surface area contributed by atoms with Crippen molar-refractivity contribution in [2.75, 3.05) is 7.11 Å². The van der Waals surface area contributed by atoms with Crippen molar-refractivity contribution < 1.29 is 23.4 Å². The van der Waals surface area contributed by atoms with Gasteiger partial charge in [-0.2, -0.15) is 12.8 Å².